The van der Waals surface area contributed by atoms with Gasteiger partial charge in [-0.25, -0.2) is 9.37 Å². The van der Waals surface area contributed by atoms with Gasteiger partial charge in [-0.15, -0.1) is 10.2 Å². The molecule has 16 heteroatoms. The van der Waals surface area contributed by atoms with Gasteiger partial charge in [0.15, 0.2) is 0 Å². The molecule has 0 N–H and O–H groups in total. The van der Waals surface area contributed by atoms with E-state index < -0.39 is 88.5 Å². The van der Waals surface area contributed by atoms with Crippen LogP contribution in [-0.4, -0.2) is 26.3 Å². The standard InChI is InChI=1S/C27H17F7N4O5/c1-14-7-8-25(27(32,33)34,41-13-15-5-3-2-4-6-15)24-37-36-23(43-24)21-20(38(39)40)12-19(26(29,30)31)22(35-21)42-18-10-16(14)9-17(28)11-18/h2-6,9-12H,1,7-8,13H2. The third-order valence-corrected chi connectivity index (χ3v) is 6.50. The van der Waals surface area contributed by atoms with Crippen molar-refractivity contribution in [2.75, 3.05) is 0 Å². The molecule has 224 valence electrons. The van der Waals surface area contributed by atoms with Crippen LogP contribution in [0.1, 0.15) is 35.4 Å². The molecular formula is C27H17F7N4O5. The highest BCUT2D eigenvalue weighted by Gasteiger charge is 2.61. The van der Waals surface area contributed by atoms with Crippen LogP contribution in [0.15, 0.2) is 65.6 Å². The average molecular weight is 610 g/mol. The summed E-state index contributed by atoms with van der Waals surface area (Å²) in [5.74, 6) is -5.06. The molecule has 1 atom stereocenters. The number of fused-ring (bicyclic) bond motifs is 7. The second kappa shape index (κ2) is 10.8. The molecule has 0 spiro atoms. The minimum Gasteiger partial charge on any atom is -0.438 e. The molecule has 1 unspecified atom stereocenters. The van der Waals surface area contributed by atoms with Crippen LogP contribution in [0.5, 0.6) is 11.6 Å². The van der Waals surface area contributed by atoms with Crippen molar-refractivity contribution >= 4 is 11.3 Å². The number of hydrogen-bond donors (Lipinski definition) is 0. The van der Waals surface area contributed by atoms with E-state index in [0.29, 0.717) is 11.6 Å². The van der Waals surface area contributed by atoms with Gasteiger partial charge in [0.05, 0.1) is 11.5 Å². The quantitative estimate of drug-likeness (QED) is 0.131. The molecule has 43 heavy (non-hydrogen) atoms. The number of pyridine rings is 1. The maximum atomic E-state index is 14.9. The Morgan fingerprint density at radius 3 is 2.42 bits per heavy atom. The summed E-state index contributed by atoms with van der Waals surface area (Å²) in [4.78, 5) is 14.1. The van der Waals surface area contributed by atoms with Crippen molar-refractivity contribution in [2.45, 2.75) is 37.4 Å². The Hall–Kier alpha value is -4.86. The molecule has 0 saturated heterocycles. The van der Waals surface area contributed by atoms with Gasteiger partial charge < -0.3 is 13.9 Å². The van der Waals surface area contributed by atoms with Gasteiger partial charge in [-0.2, -0.15) is 26.3 Å². The number of halogens is 7. The highest BCUT2D eigenvalue weighted by Crippen LogP contribution is 2.49. The molecule has 2 aromatic carbocycles. The van der Waals surface area contributed by atoms with Crippen LogP contribution in [0.25, 0.3) is 17.2 Å². The highest BCUT2D eigenvalue weighted by atomic mass is 19.4. The molecule has 0 radical (unpaired) electrons. The topological polar surface area (TPSA) is 113 Å². The van der Waals surface area contributed by atoms with Crippen LogP contribution in [-0.2, 0) is 23.1 Å². The smallest absolute Gasteiger partial charge is 0.426 e. The Labute approximate surface area is 236 Å². The average Bonchev–Trinajstić information content (AvgIpc) is 3.41. The normalized spacial score (nSPS) is 17.2. The van der Waals surface area contributed by atoms with Crippen molar-refractivity contribution in [3.63, 3.8) is 0 Å². The number of rotatable bonds is 4. The second-order valence-electron chi connectivity index (χ2n) is 9.36. The van der Waals surface area contributed by atoms with Gasteiger partial charge in [0.2, 0.25) is 17.2 Å². The lowest BCUT2D eigenvalue weighted by molar-refractivity contribution is -0.384. The number of nitro groups is 1. The van der Waals surface area contributed by atoms with Crippen molar-refractivity contribution in [1.82, 2.24) is 15.2 Å². The van der Waals surface area contributed by atoms with Crippen molar-refractivity contribution in [3.05, 3.63) is 99.7 Å². The lowest BCUT2D eigenvalue weighted by Crippen LogP contribution is -2.45. The molecule has 3 heterocycles. The van der Waals surface area contributed by atoms with Crippen molar-refractivity contribution in [3.8, 4) is 23.2 Å². The zero-order valence-corrected chi connectivity index (χ0v) is 21.5. The molecule has 6 bridgehead atoms. The maximum Gasteiger partial charge on any atom is 0.426 e. The molecular weight excluding hydrogens is 593 g/mol. The summed E-state index contributed by atoms with van der Waals surface area (Å²) in [7, 11) is 0. The first kappa shape index (κ1) is 29.6. The van der Waals surface area contributed by atoms with Crippen LogP contribution in [0.3, 0.4) is 0 Å². The van der Waals surface area contributed by atoms with Gasteiger partial charge in [0, 0.05) is 12.1 Å². The number of nitrogens with zero attached hydrogens (tertiary/aromatic N) is 4. The van der Waals surface area contributed by atoms with Gasteiger partial charge in [-0.1, -0.05) is 36.9 Å². The summed E-state index contributed by atoms with van der Waals surface area (Å²) >= 11 is 0. The summed E-state index contributed by atoms with van der Waals surface area (Å²) in [5.41, 5.74) is -7.24. The van der Waals surface area contributed by atoms with Crippen LogP contribution in [0.4, 0.5) is 36.4 Å². The lowest BCUT2D eigenvalue weighted by Gasteiger charge is -2.33. The van der Waals surface area contributed by atoms with Crippen LogP contribution in [0.2, 0.25) is 0 Å². The Kier molecular flexibility index (Phi) is 7.41. The predicted molar refractivity (Wildman–Crippen MR) is 133 cm³/mol. The SMILES string of the molecule is C=C1CCC(OCc2ccccc2)(C(F)(F)F)c2nnc(o2)-c2nc(c(C(F)(F)F)cc2[N+](=O)[O-])Oc2cc(F)cc1c2. The Morgan fingerprint density at radius 2 is 1.77 bits per heavy atom. The molecule has 1 aliphatic heterocycles. The van der Waals surface area contributed by atoms with Crippen molar-refractivity contribution in [1.29, 1.82) is 0 Å². The lowest BCUT2D eigenvalue weighted by atomic mass is 9.91. The Bertz CT molecular complexity index is 1710. The molecule has 2 aromatic heterocycles. The highest BCUT2D eigenvalue weighted by molar-refractivity contribution is 5.67. The van der Waals surface area contributed by atoms with E-state index in [4.69, 9.17) is 13.9 Å². The van der Waals surface area contributed by atoms with Gasteiger partial charge in [-0.3, -0.25) is 10.1 Å². The van der Waals surface area contributed by atoms with E-state index in [1.165, 1.54) is 12.1 Å². The molecule has 0 aliphatic carbocycles. The van der Waals surface area contributed by atoms with Crippen LogP contribution >= 0.6 is 0 Å². The van der Waals surface area contributed by atoms with E-state index in [2.05, 4.69) is 21.8 Å². The van der Waals surface area contributed by atoms with Crippen LogP contribution < -0.4 is 4.74 Å². The zero-order chi connectivity index (χ0) is 31.2. The fourth-order valence-electron chi connectivity index (χ4n) is 4.32. The van der Waals surface area contributed by atoms with E-state index in [1.54, 1.807) is 18.2 Å². The monoisotopic (exact) mass is 610 g/mol. The number of benzene rings is 2. The Balaban J connectivity index is 1.77. The summed E-state index contributed by atoms with van der Waals surface area (Å²) in [6.07, 6.45) is -11.9. The van der Waals surface area contributed by atoms with E-state index in [9.17, 15) is 40.8 Å². The van der Waals surface area contributed by atoms with E-state index >= 15 is 0 Å². The number of allylic oxidation sites excluding steroid dienone is 1. The predicted octanol–water partition coefficient (Wildman–Crippen LogP) is 7.77. The second-order valence-corrected chi connectivity index (χ2v) is 9.36. The van der Waals surface area contributed by atoms with E-state index in [0.717, 1.165) is 12.1 Å². The summed E-state index contributed by atoms with van der Waals surface area (Å²) in [6.45, 7) is 3.11. The van der Waals surface area contributed by atoms with E-state index in [1.807, 2.05) is 0 Å². The van der Waals surface area contributed by atoms with Gasteiger partial charge in [0.25, 0.3) is 11.8 Å². The molecule has 9 nitrogen and oxygen atoms in total. The fraction of sp³-hybridized carbons (Fsp3) is 0.222. The summed E-state index contributed by atoms with van der Waals surface area (Å²) in [5, 5.41) is 18.7. The van der Waals surface area contributed by atoms with E-state index in [-0.39, 0.29) is 17.2 Å². The van der Waals surface area contributed by atoms with Crippen molar-refractivity contribution in [2.24, 2.45) is 0 Å². The molecule has 0 saturated carbocycles. The fourth-order valence-corrected chi connectivity index (χ4v) is 4.32. The minimum atomic E-state index is -5.26. The Morgan fingerprint density at radius 1 is 1.05 bits per heavy atom. The molecule has 1 aliphatic rings. The van der Waals surface area contributed by atoms with Gasteiger partial charge >= 0.3 is 18.0 Å². The third-order valence-electron chi connectivity index (χ3n) is 6.50. The first-order valence-electron chi connectivity index (χ1n) is 12.2. The van der Waals surface area contributed by atoms with Crippen molar-refractivity contribution < 1.29 is 49.5 Å². The summed E-state index contributed by atoms with van der Waals surface area (Å²) < 4.78 is 117. The first-order chi connectivity index (χ1) is 20.2. The number of alkyl halides is 6. The number of ether oxygens (including phenoxy) is 2. The number of hydrogen-bond acceptors (Lipinski definition) is 8. The van der Waals surface area contributed by atoms with Gasteiger partial charge in [0.1, 0.15) is 17.1 Å². The van der Waals surface area contributed by atoms with Gasteiger partial charge in [-0.05, 0) is 41.7 Å². The van der Waals surface area contributed by atoms with Crippen LogP contribution in [0, 0.1) is 15.9 Å². The molecule has 0 amide bonds. The molecule has 5 rings (SSSR count). The maximum absolute atomic E-state index is 14.9. The number of aromatic nitrogens is 3. The summed E-state index contributed by atoms with van der Waals surface area (Å²) in [6, 6.07) is 10.4. The third kappa shape index (κ3) is 5.77. The first-order valence-corrected chi connectivity index (χ1v) is 12.2. The molecule has 4 aromatic rings. The zero-order valence-electron chi connectivity index (χ0n) is 21.5. The molecule has 0 fully saturated rings. The minimum absolute atomic E-state index is 0.0510. The largest absolute Gasteiger partial charge is 0.438 e.